The van der Waals surface area contributed by atoms with Crippen LogP contribution in [-0.2, 0) is 12.7 Å². The number of fused-ring (bicyclic) bond motifs is 1. The van der Waals surface area contributed by atoms with Gasteiger partial charge in [0.25, 0.3) is 0 Å². The highest BCUT2D eigenvalue weighted by Gasteiger charge is 2.30. The van der Waals surface area contributed by atoms with Gasteiger partial charge in [0.2, 0.25) is 5.28 Å². The van der Waals surface area contributed by atoms with Crippen molar-refractivity contribution in [1.82, 2.24) is 15.0 Å². The van der Waals surface area contributed by atoms with Gasteiger partial charge in [0.15, 0.2) is 0 Å². The van der Waals surface area contributed by atoms with Crippen molar-refractivity contribution in [2.24, 2.45) is 5.73 Å². The Balaban J connectivity index is 0.000000640. The number of aromatic nitrogens is 3. The van der Waals surface area contributed by atoms with Crippen LogP contribution < -0.4 is 11.1 Å². The molecule has 3 rings (SSSR count). The van der Waals surface area contributed by atoms with Gasteiger partial charge in [-0.15, -0.1) is 0 Å². The van der Waals surface area contributed by atoms with Crippen LogP contribution >= 0.6 is 23.2 Å². The molecule has 0 unspecified atom stereocenters. The molecule has 2 heterocycles. The fourth-order valence-electron chi connectivity index (χ4n) is 2.16. The van der Waals surface area contributed by atoms with Crippen molar-refractivity contribution in [2.45, 2.75) is 12.7 Å². The Kier molecular flexibility index (Phi) is 7.76. The van der Waals surface area contributed by atoms with E-state index in [9.17, 15) is 13.2 Å². The average Bonchev–Trinajstić information content (AvgIpc) is 2.66. The summed E-state index contributed by atoms with van der Waals surface area (Å²) in [6.07, 6.45) is -2.94. The van der Waals surface area contributed by atoms with E-state index in [1.54, 1.807) is 12.1 Å². The molecule has 0 saturated heterocycles. The predicted octanol–water partition coefficient (Wildman–Crippen LogP) is 3.90. The van der Waals surface area contributed by atoms with Gasteiger partial charge in [-0.1, -0.05) is 23.7 Å². The number of benzene rings is 1. The molecule has 28 heavy (non-hydrogen) atoms. The molecule has 0 saturated carbocycles. The predicted molar refractivity (Wildman–Crippen MR) is 102 cm³/mol. The number of hydrogen-bond acceptors (Lipinski definition) is 6. The third kappa shape index (κ3) is 6.16. The Morgan fingerprint density at radius 3 is 2.50 bits per heavy atom. The van der Waals surface area contributed by atoms with E-state index in [0.29, 0.717) is 28.8 Å². The molecule has 0 radical (unpaired) electrons. The first-order valence-electron chi connectivity index (χ1n) is 7.94. The van der Waals surface area contributed by atoms with E-state index in [0.717, 1.165) is 12.1 Å². The first-order chi connectivity index (χ1) is 13.2. The molecule has 2 aromatic heterocycles. The van der Waals surface area contributed by atoms with Crippen molar-refractivity contribution in [3.8, 4) is 0 Å². The topological polar surface area (TPSA) is 97.0 Å². The van der Waals surface area contributed by atoms with Crippen molar-refractivity contribution in [3.63, 3.8) is 0 Å². The molecule has 3 aromatic rings. The van der Waals surface area contributed by atoms with Crippen LogP contribution in [-0.4, -0.2) is 33.2 Å². The average molecular weight is 434 g/mol. The molecular weight excluding hydrogens is 418 g/mol. The second kappa shape index (κ2) is 9.83. The zero-order valence-electron chi connectivity index (χ0n) is 14.3. The monoisotopic (exact) mass is 433 g/mol. The minimum absolute atomic E-state index is 0.00170. The number of nitrogens with one attached hydrogen (secondary N) is 1. The molecule has 0 fully saturated rings. The molecule has 0 aliphatic rings. The largest absolute Gasteiger partial charge is 0.416 e. The molecule has 0 aliphatic heterocycles. The number of aliphatic hydroxyl groups excluding tert-OH is 1. The zero-order valence-corrected chi connectivity index (χ0v) is 15.9. The number of aliphatic hydroxyl groups is 1. The number of alkyl halides is 3. The third-order valence-electron chi connectivity index (χ3n) is 3.36. The quantitative estimate of drug-likeness (QED) is 0.426. The second-order valence-electron chi connectivity index (χ2n) is 5.43. The normalized spacial score (nSPS) is 11.1. The van der Waals surface area contributed by atoms with Gasteiger partial charge in [0.1, 0.15) is 11.0 Å². The highest BCUT2D eigenvalue weighted by atomic mass is 35.5. The van der Waals surface area contributed by atoms with E-state index in [1.807, 2.05) is 0 Å². The minimum Gasteiger partial charge on any atom is -0.395 e. The fraction of sp³-hybridized carbons (Fsp3) is 0.235. The summed E-state index contributed by atoms with van der Waals surface area (Å²) in [5, 5.41) is 11.5. The van der Waals surface area contributed by atoms with E-state index in [4.69, 9.17) is 34.0 Å². The summed E-state index contributed by atoms with van der Waals surface area (Å²) < 4.78 is 38.3. The van der Waals surface area contributed by atoms with Gasteiger partial charge in [-0.25, -0.2) is 15.0 Å². The Hall–Kier alpha value is -2.20. The maximum atomic E-state index is 12.8. The Bertz CT molecular complexity index is 938. The Morgan fingerprint density at radius 2 is 1.86 bits per heavy atom. The van der Waals surface area contributed by atoms with Crippen LogP contribution in [0, 0.1) is 0 Å². The summed E-state index contributed by atoms with van der Waals surface area (Å²) in [7, 11) is 0. The smallest absolute Gasteiger partial charge is 0.395 e. The maximum Gasteiger partial charge on any atom is 0.416 e. The molecule has 0 atom stereocenters. The van der Waals surface area contributed by atoms with Crippen molar-refractivity contribution in [2.75, 3.05) is 18.5 Å². The van der Waals surface area contributed by atoms with Crippen LogP contribution in [0.3, 0.4) is 0 Å². The van der Waals surface area contributed by atoms with Gasteiger partial charge in [-0.3, -0.25) is 0 Å². The molecule has 11 heteroatoms. The van der Waals surface area contributed by atoms with Crippen LogP contribution in [0.2, 0.25) is 10.4 Å². The van der Waals surface area contributed by atoms with Crippen LogP contribution in [0.15, 0.2) is 36.5 Å². The van der Waals surface area contributed by atoms with Crippen LogP contribution in [0.5, 0.6) is 0 Å². The van der Waals surface area contributed by atoms with Crippen molar-refractivity contribution < 1.29 is 18.3 Å². The number of halogens is 5. The fourth-order valence-corrected chi connectivity index (χ4v) is 2.49. The van der Waals surface area contributed by atoms with Gasteiger partial charge in [0, 0.05) is 18.5 Å². The maximum absolute atomic E-state index is 12.8. The summed E-state index contributed by atoms with van der Waals surface area (Å²) >= 11 is 11.7. The number of pyridine rings is 1. The first kappa shape index (κ1) is 22.1. The summed E-state index contributed by atoms with van der Waals surface area (Å²) in [5.41, 5.74) is 5.00. The Morgan fingerprint density at radius 1 is 1.14 bits per heavy atom. The van der Waals surface area contributed by atoms with Gasteiger partial charge < -0.3 is 16.2 Å². The van der Waals surface area contributed by atoms with E-state index in [-0.39, 0.29) is 23.6 Å². The highest BCUT2D eigenvalue weighted by Crippen LogP contribution is 2.30. The Labute approximate surface area is 168 Å². The van der Waals surface area contributed by atoms with Crippen LogP contribution in [0.4, 0.5) is 19.0 Å². The van der Waals surface area contributed by atoms with Crippen molar-refractivity contribution in [3.05, 3.63) is 58.1 Å². The number of nitrogens with two attached hydrogens (primary N) is 1. The summed E-state index contributed by atoms with van der Waals surface area (Å²) in [6.45, 7) is 0.603. The van der Waals surface area contributed by atoms with E-state index >= 15 is 0 Å². The lowest BCUT2D eigenvalue weighted by atomic mass is 10.1. The molecule has 6 nitrogen and oxygen atoms in total. The van der Waals surface area contributed by atoms with E-state index in [2.05, 4.69) is 20.3 Å². The van der Waals surface area contributed by atoms with Crippen LogP contribution in [0.1, 0.15) is 11.1 Å². The first-order valence-corrected chi connectivity index (χ1v) is 8.70. The SMILES string of the molecule is FC(F)(F)c1cccc(CNc2nc(Cl)nc3cnc(Cl)cc23)c1.NCCO. The molecule has 150 valence electrons. The van der Waals surface area contributed by atoms with E-state index < -0.39 is 11.7 Å². The molecule has 0 aliphatic carbocycles. The molecular formula is C17H16Cl2F3N5O. The lowest BCUT2D eigenvalue weighted by Crippen LogP contribution is -2.07. The summed E-state index contributed by atoms with van der Waals surface area (Å²) in [6, 6.07) is 6.59. The molecule has 0 amide bonds. The number of hydrogen-bond donors (Lipinski definition) is 3. The lowest BCUT2D eigenvalue weighted by Gasteiger charge is -2.11. The van der Waals surface area contributed by atoms with Crippen molar-refractivity contribution >= 4 is 39.9 Å². The number of rotatable bonds is 4. The van der Waals surface area contributed by atoms with E-state index in [1.165, 1.54) is 12.3 Å². The van der Waals surface area contributed by atoms with Crippen molar-refractivity contribution in [1.29, 1.82) is 0 Å². The highest BCUT2D eigenvalue weighted by molar-refractivity contribution is 6.30. The third-order valence-corrected chi connectivity index (χ3v) is 3.74. The molecule has 4 N–H and O–H groups in total. The van der Waals surface area contributed by atoms with Crippen LogP contribution in [0.25, 0.3) is 10.9 Å². The van der Waals surface area contributed by atoms with Gasteiger partial charge in [0.05, 0.1) is 23.9 Å². The second-order valence-corrected chi connectivity index (χ2v) is 6.15. The molecule has 0 spiro atoms. The number of nitrogens with zero attached hydrogens (tertiary/aromatic N) is 3. The standard InChI is InChI=1S/C15H9Cl2F3N4.C2H7NO/c16-12-5-10-11(7-21-12)23-14(17)24-13(10)22-6-8-2-1-3-9(4-8)15(18,19)20;3-1-2-4/h1-5,7H,6H2,(H,22,23,24);4H,1-3H2. The minimum atomic E-state index is -4.39. The number of anilines is 1. The van der Waals surface area contributed by atoms with Gasteiger partial charge in [-0.2, -0.15) is 13.2 Å². The molecule has 0 bridgehead atoms. The summed E-state index contributed by atoms with van der Waals surface area (Å²) in [4.78, 5) is 12.0. The van der Waals surface area contributed by atoms with Gasteiger partial charge in [-0.05, 0) is 35.4 Å². The van der Waals surface area contributed by atoms with Gasteiger partial charge >= 0.3 is 6.18 Å². The zero-order chi connectivity index (χ0) is 20.7. The lowest BCUT2D eigenvalue weighted by molar-refractivity contribution is -0.137. The molecule has 1 aromatic carbocycles. The summed E-state index contributed by atoms with van der Waals surface area (Å²) in [5.74, 6) is 0.367.